The molecule has 0 saturated heterocycles. The van der Waals surface area contributed by atoms with E-state index in [1.807, 2.05) is 27.7 Å². The van der Waals surface area contributed by atoms with Gasteiger partial charge in [-0.15, -0.1) is 0 Å². The third-order valence-electron chi connectivity index (χ3n) is 2.87. The van der Waals surface area contributed by atoms with E-state index in [1.165, 1.54) is 4.90 Å². The number of carbonyl (C=O) groups excluding carboxylic acids is 2. The first-order valence-electron chi connectivity index (χ1n) is 7.80. The van der Waals surface area contributed by atoms with Crippen molar-refractivity contribution in [2.45, 2.75) is 40.2 Å². The summed E-state index contributed by atoms with van der Waals surface area (Å²) in [6.45, 7) is 10.1. The van der Waals surface area contributed by atoms with Crippen LogP contribution >= 0.6 is 0 Å². The van der Waals surface area contributed by atoms with E-state index < -0.39 is 14.8 Å². The van der Waals surface area contributed by atoms with Crippen LogP contribution in [0.15, 0.2) is 10.4 Å². The Bertz CT molecular complexity index is 353. The van der Waals surface area contributed by atoms with Gasteiger partial charge in [-0.1, -0.05) is 5.11 Å². The molecule has 9 nitrogen and oxygen atoms in total. The van der Waals surface area contributed by atoms with Crippen LogP contribution in [0.3, 0.4) is 0 Å². The molecule has 0 spiro atoms. The van der Waals surface area contributed by atoms with E-state index >= 15 is 0 Å². The summed E-state index contributed by atoms with van der Waals surface area (Å²) in [5, 5.41) is 6.29. The minimum absolute atomic E-state index is 0.0965. The monoisotopic (exact) mass is 349 g/mol. The summed E-state index contributed by atoms with van der Waals surface area (Å²) >= 11 is 0. The summed E-state index contributed by atoms with van der Waals surface area (Å²) < 4.78 is 17.3. The highest BCUT2D eigenvalue weighted by Crippen LogP contribution is 2.18. The van der Waals surface area contributed by atoms with Crippen LogP contribution in [-0.4, -0.2) is 59.1 Å². The Balaban J connectivity index is 4.57. The molecule has 0 radical (unpaired) electrons. The van der Waals surface area contributed by atoms with Crippen molar-refractivity contribution in [1.82, 2.24) is 4.90 Å². The van der Waals surface area contributed by atoms with Gasteiger partial charge in [-0.3, -0.25) is 4.79 Å². The summed E-state index contributed by atoms with van der Waals surface area (Å²) in [6, 6.07) is 0.0414. The molecule has 0 aliphatic rings. The molecule has 0 rings (SSSR count). The molecule has 0 aromatic carbocycles. The first kappa shape index (κ1) is 21.6. The smallest absolute Gasteiger partial charge is 0.374 e. The molecular weight excluding hydrogens is 322 g/mol. The predicted molar refractivity (Wildman–Crippen MR) is 84.7 cm³/mol. The highest BCUT2D eigenvalue weighted by atomic mass is 28.4. The topological polar surface area (TPSA) is 99.0 Å². The van der Waals surface area contributed by atoms with Crippen molar-refractivity contribution < 1.29 is 27.7 Å². The molecule has 2 amide bonds. The van der Waals surface area contributed by atoms with Crippen molar-refractivity contribution in [2.24, 2.45) is 10.4 Å². The second kappa shape index (κ2) is 13.1. The quantitative estimate of drug-likeness (QED) is 0.219. The van der Waals surface area contributed by atoms with Crippen molar-refractivity contribution in [1.29, 1.82) is 0 Å². The molecule has 0 N–H and O–H groups in total. The Hall–Kier alpha value is -1.36. The number of rotatable bonds is 13. The lowest BCUT2D eigenvalue weighted by Crippen LogP contribution is -2.46. The molecule has 0 aromatic rings. The first-order valence-corrected chi connectivity index (χ1v) is 9.73. The predicted octanol–water partition coefficient (Wildman–Crippen LogP) is 2.41. The van der Waals surface area contributed by atoms with Crippen LogP contribution in [0.1, 0.15) is 34.1 Å². The second-order valence-electron chi connectivity index (χ2n) is 4.33. The third kappa shape index (κ3) is 8.74. The van der Waals surface area contributed by atoms with E-state index in [2.05, 4.69) is 15.2 Å². The van der Waals surface area contributed by atoms with Crippen LogP contribution in [0.25, 0.3) is 0 Å². The zero-order valence-corrected chi connectivity index (χ0v) is 15.3. The number of urea groups is 1. The van der Waals surface area contributed by atoms with Crippen molar-refractivity contribution >= 4 is 21.3 Å². The van der Waals surface area contributed by atoms with Crippen molar-refractivity contribution in [3.05, 3.63) is 0 Å². The summed E-state index contributed by atoms with van der Waals surface area (Å²) in [5.41, 5.74) is 0. The van der Waals surface area contributed by atoms with Gasteiger partial charge in [0.05, 0.1) is 0 Å². The normalized spacial score (nSPS) is 11.7. The van der Waals surface area contributed by atoms with E-state index in [9.17, 15) is 9.59 Å². The maximum absolute atomic E-state index is 11.8. The fraction of sp³-hybridized carbons (Fsp3) is 0.846. The van der Waals surface area contributed by atoms with Gasteiger partial charge in [0.1, 0.15) is 0 Å². The van der Waals surface area contributed by atoms with Gasteiger partial charge in [-0.2, -0.15) is 0 Å². The Morgan fingerprint density at radius 2 is 1.65 bits per heavy atom. The fourth-order valence-electron chi connectivity index (χ4n) is 2.02. The zero-order chi connectivity index (χ0) is 17.6. The van der Waals surface area contributed by atoms with Crippen LogP contribution in [-0.2, 0) is 22.9 Å². The summed E-state index contributed by atoms with van der Waals surface area (Å²) in [4.78, 5) is 27.2. The Kier molecular flexibility index (Phi) is 12.3. The van der Waals surface area contributed by atoms with Crippen LogP contribution in [0.4, 0.5) is 4.79 Å². The van der Waals surface area contributed by atoms with Crippen molar-refractivity contribution in [3.8, 4) is 0 Å². The molecule has 0 saturated carbocycles. The molecule has 23 heavy (non-hydrogen) atoms. The molecular formula is C13H27N3O6Si. The summed E-state index contributed by atoms with van der Waals surface area (Å²) in [6.07, 6.45) is 0.649. The van der Waals surface area contributed by atoms with Crippen molar-refractivity contribution in [3.63, 3.8) is 0 Å². The van der Waals surface area contributed by atoms with E-state index in [0.717, 1.165) is 0 Å². The molecule has 0 aliphatic heterocycles. The van der Waals surface area contributed by atoms with Crippen LogP contribution in [0, 0.1) is 0 Å². The maximum Gasteiger partial charge on any atom is 0.500 e. The summed E-state index contributed by atoms with van der Waals surface area (Å²) in [7, 11) is -2.70. The van der Waals surface area contributed by atoms with Gasteiger partial charge in [0.15, 0.2) is 0 Å². The van der Waals surface area contributed by atoms with Crippen LogP contribution < -0.4 is 0 Å². The lowest BCUT2D eigenvalue weighted by Gasteiger charge is -2.29. The molecule has 0 aromatic heterocycles. The standard InChI is InChI=1S/C13H27N3O6Si/c1-5-16(13(18)14-15-19-12-17)10-9-11-23(20-6-2,21-7-3)22-8-4/h12H,5-11H2,1-4H3. The third-order valence-corrected chi connectivity index (χ3v) is 6.02. The second-order valence-corrected chi connectivity index (χ2v) is 7.06. The van der Waals surface area contributed by atoms with E-state index in [0.29, 0.717) is 45.4 Å². The Labute approximate surface area is 138 Å². The number of hydrogen-bond acceptors (Lipinski definition) is 7. The number of nitrogens with zero attached hydrogens (tertiary/aromatic N) is 3. The molecule has 0 fully saturated rings. The average molecular weight is 349 g/mol. The average Bonchev–Trinajstić information content (AvgIpc) is 2.52. The Morgan fingerprint density at radius 1 is 1.09 bits per heavy atom. The number of carbonyl (C=O) groups is 2. The SMILES string of the molecule is CCO[Si](CCCN(CC)C(=O)N=NOC=O)(OCC)OCC. The van der Waals surface area contributed by atoms with Gasteiger partial charge in [0, 0.05) is 44.2 Å². The van der Waals surface area contributed by atoms with Crippen LogP contribution in [0.5, 0.6) is 0 Å². The molecule has 0 aliphatic carbocycles. The first-order chi connectivity index (χ1) is 11.1. The van der Waals surface area contributed by atoms with Crippen LogP contribution in [0.2, 0.25) is 6.04 Å². The molecule has 134 valence electrons. The summed E-state index contributed by atoms with van der Waals surface area (Å²) in [5.74, 6) is 0. The van der Waals surface area contributed by atoms with Crippen molar-refractivity contribution in [2.75, 3.05) is 32.9 Å². The molecule has 0 atom stereocenters. The highest BCUT2D eigenvalue weighted by molar-refractivity contribution is 6.60. The van der Waals surface area contributed by atoms with E-state index in [4.69, 9.17) is 13.3 Å². The van der Waals surface area contributed by atoms with E-state index in [1.54, 1.807) is 0 Å². The maximum atomic E-state index is 11.8. The molecule has 0 unspecified atom stereocenters. The fourth-order valence-corrected chi connectivity index (χ4v) is 4.61. The molecule has 0 bridgehead atoms. The van der Waals surface area contributed by atoms with Gasteiger partial charge in [-0.05, 0) is 34.1 Å². The van der Waals surface area contributed by atoms with Gasteiger partial charge in [-0.25, -0.2) is 4.79 Å². The Morgan fingerprint density at radius 3 is 2.09 bits per heavy atom. The molecule has 0 heterocycles. The lowest BCUT2D eigenvalue weighted by atomic mass is 10.4. The highest BCUT2D eigenvalue weighted by Gasteiger charge is 2.39. The minimum Gasteiger partial charge on any atom is -0.374 e. The number of hydrogen-bond donors (Lipinski definition) is 0. The van der Waals surface area contributed by atoms with Gasteiger partial charge in [0.2, 0.25) is 0 Å². The number of amides is 2. The van der Waals surface area contributed by atoms with Gasteiger partial charge in [0.25, 0.3) is 0 Å². The minimum atomic E-state index is -2.70. The zero-order valence-electron chi connectivity index (χ0n) is 14.3. The molecule has 10 heteroatoms. The largest absolute Gasteiger partial charge is 0.500 e. The van der Waals surface area contributed by atoms with Gasteiger partial charge < -0.3 is 23.0 Å². The lowest BCUT2D eigenvalue weighted by molar-refractivity contribution is -0.129. The van der Waals surface area contributed by atoms with Gasteiger partial charge >= 0.3 is 21.3 Å². The van der Waals surface area contributed by atoms with E-state index in [-0.39, 0.29) is 6.47 Å².